The number of rotatable bonds is 5. The van der Waals surface area contributed by atoms with Gasteiger partial charge < -0.3 is 9.67 Å². The molecule has 0 aliphatic heterocycles. The molecule has 7 heteroatoms. The first-order valence-corrected chi connectivity index (χ1v) is 7.61. The van der Waals surface area contributed by atoms with Crippen molar-refractivity contribution in [3.05, 3.63) is 16.7 Å². The molecule has 2 aromatic rings. The molecule has 0 spiro atoms. The highest BCUT2D eigenvalue weighted by Crippen LogP contribution is 2.25. The van der Waals surface area contributed by atoms with E-state index in [1.165, 1.54) is 11.8 Å². The third-order valence-electron chi connectivity index (χ3n) is 2.39. The van der Waals surface area contributed by atoms with Crippen LogP contribution in [0.2, 0.25) is 0 Å². The molecule has 0 radical (unpaired) electrons. The Morgan fingerprint density at radius 3 is 2.95 bits per heavy atom. The van der Waals surface area contributed by atoms with Crippen LogP contribution in [-0.4, -0.2) is 31.4 Å². The Kier molecular flexibility index (Phi) is 4.46. The Hall–Kier alpha value is -1.08. The Morgan fingerprint density at radius 1 is 1.58 bits per heavy atom. The molecule has 5 nitrogen and oxygen atoms in total. The number of thioether (sulfide) groups is 1. The molecule has 2 heterocycles. The number of aromatic nitrogens is 3. The molecular formula is C12H14BrN3O2S. The molecule has 0 amide bonds. The molecule has 0 aliphatic rings. The molecular weight excluding hydrogens is 330 g/mol. The molecule has 0 fully saturated rings. The van der Waals surface area contributed by atoms with E-state index in [0.717, 1.165) is 22.2 Å². The van der Waals surface area contributed by atoms with Gasteiger partial charge >= 0.3 is 5.97 Å². The van der Waals surface area contributed by atoms with Crippen LogP contribution in [0.5, 0.6) is 0 Å². The van der Waals surface area contributed by atoms with Gasteiger partial charge in [0.15, 0.2) is 10.8 Å². The summed E-state index contributed by atoms with van der Waals surface area (Å²) in [5, 5.41) is 9.49. The van der Waals surface area contributed by atoms with Crippen LogP contribution >= 0.6 is 27.7 Å². The third-order valence-corrected chi connectivity index (χ3v) is 3.78. The summed E-state index contributed by atoms with van der Waals surface area (Å²) in [6.45, 7) is 4.99. The van der Waals surface area contributed by atoms with Gasteiger partial charge in [0, 0.05) is 17.2 Å². The van der Waals surface area contributed by atoms with Gasteiger partial charge in [-0.1, -0.05) is 25.6 Å². The smallest absolute Gasteiger partial charge is 0.313 e. The second-order valence-electron chi connectivity index (χ2n) is 4.58. The van der Waals surface area contributed by atoms with Crippen molar-refractivity contribution in [1.82, 2.24) is 14.5 Å². The number of carboxylic acid groups (broad SMARTS) is 1. The molecule has 0 atom stereocenters. The third kappa shape index (κ3) is 3.48. The van der Waals surface area contributed by atoms with Crippen molar-refractivity contribution in [2.24, 2.45) is 5.92 Å². The maximum absolute atomic E-state index is 10.7. The van der Waals surface area contributed by atoms with Crippen molar-refractivity contribution in [1.29, 1.82) is 0 Å². The van der Waals surface area contributed by atoms with E-state index >= 15 is 0 Å². The van der Waals surface area contributed by atoms with Crippen LogP contribution in [-0.2, 0) is 11.3 Å². The summed E-state index contributed by atoms with van der Waals surface area (Å²) < 4.78 is 2.85. The first-order valence-electron chi connectivity index (χ1n) is 5.83. The molecule has 2 aromatic heterocycles. The van der Waals surface area contributed by atoms with Crippen molar-refractivity contribution in [2.75, 3.05) is 5.75 Å². The maximum Gasteiger partial charge on any atom is 0.313 e. The lowest BCUT2D eigenvalue weighted by atomic mass is 10.2. The van der Waals surface area contributed by atoms with E-state index < -0.39 is 5.97 Å². The van der Waals surface area contributed by atoms with Gasteiger partial charge in [0.25, 0.3) is 0 Å². The Balaban J connectivity index is 2.44. The number of carbonyl (C=O) groups is 1. The maximum atomic E-state index is 10.7. The van der Waals surface area contributed by atoms with Gasteiger partial charge in [0.1, 0.15) is 5.52 Å². The molecule has 19 heavy (non-hydrogen) atoms. The van der Waals surface area contributed by atoms with Gasteiger partial charge in [0.2, 0.25) is 0 Å². The molecule has 0 bridgehead atoms. The quantitative estimate of drug-likeness (QED) is 0.845. The number of nitrogens with zero attached hydrogens (tertiary/aromatic N) is 3. The van der Waals surface area contributed by atoms with Gasteiger partial charge in [-0.05, 0) is 27.9 Å². The first kappa shape index (κ1) is 14.3. The van der Waals surface area contributed by atoms with E-state index in [1.54, 1.807) is 6.20 Å². The average Bonchev–Trinajstić information content (AvgIpc) is 2.63. The number of hydrogen-bond acceptors (Lipinski definition) is 4. The second-order valence-corrected chi connectivity index (χ2v) is 6.44. The minimum absolute atomic E-state index is 0.00257. The van der Waals surface area contributed by atoms with E-state index in [4.69, 9.17) is 5.11 Å². The molecule has 0 aromatic carbocycles. The highest BCUT2D eigenvalue weighted by molar-refractivity contribution is 9.10. The Labute approximate surface area is 123 Å². The first-order chi connectivity index (χ1) is 8.97. The topological polar surface area (TPSA) is 68.0 Å². The summed E-state index contributed by atoms with van der Waals surface area (Å²) in [6, 6.07) is 1.89. The summed E-state index contributed by atoms with van der Waals surface area (Å²) in [5.41, 5.74) is 1.58. The molecule has 0 saturated heterocycles. The number of hydrogen-bond donors (Lipinski definition) is 1. The largest absolute Gasteiger partial charge is 0.481 e. The number of halogens is 1. The lowest BCUT2D eigenvalue weighted by Crippen LogP contribution is -2.08. The Morgan fingerprint density at radius 2 is 2.32 bits per heavy atom. The van der Waals surface area contributed by atoms with Crippen LogP contribution in [0, 0.1) is 5.92 Å². The van der Waals surface area contributed by atoms with E-state index in [2.05, 4.69) is 39.7 Å². The fraction of sp³-hybridized carbons (Fsp3) is 0.417. The van der Waals surface area contributed by atoms with Crippen molar-refractivity contribution in [2.45, 2.75) is 25.5 Å². The monoisotopic (exact) mass is 343 g/mol. The standard InChI is InChI=1S/C12H14BrN3O2S/c1-7(2)5-16-11-9(3-8(13)4-14-11)15-12(16)19-6-10(17)18/h3-4,7H,5-6H2,1-2H3,(H,17,18). The fourth-order valence-electron chi connectivity index (χ4n) is 1.73. The van der Waals surface area contributed by atoms with E-state index in [1.807, 2.05) is 10.6 Å². The number of pyridine rings is 1. The predicted octanol–water partition coefficient (Wildman–Crippen LogP) is 3.03. The van der Waals surface area contributed by atoms with Crippen LogP contribution < -0.4 is 0 Å². The minimum atomic E-state index is -0.845. The van der Waals surface area contributed by atoms with Crippen LogP contribution in [0.25, 0.3) is 11.2 Å². The number of imidazole rings is 1. The predicted molar refractivity (Wildman–Crippen MR) is 78.4 cm³/mol. The number of carboxylic acids is 1. The summed E-state index contributed by atoms with van der Waals surface area (Å²) in [6.07, 6.45) is 1.73. The highest BCUT2D eigenvalue weighted by Gasteiger charge is 2.14. The van der Waals surface area contributed by atoms with Crippen LogP contribution in [0.15, 0.2) is 21.9 Å². The van der Waals surface area contributed by atoms with Gasteiger partial charge in [-0.25, -0.2) is 9.97 Å². The molecule has 0 aliphatic carbocycles. The summed E-state index contributed by atoms with van der Waals surface area (Å²) in [4.78, 5) is 19.5. The fourth-order valence-corrected chi connectivity index (χ4v) is 2.78. The molecule has 0 saturated carbocycles. The zero-order valence-electron chi connectivity index (χ0n) is 10.6. The van der Waals surface area contributed by atoms with Gasteiger partial charge in [-0.2, -0.15) is 0 Å². The lowest BCUT2D eigenvalue weighted by Gasteiger charge is -2.09. The van der Waals surface area contributed by atoms with E-state index in [-0.39, 0.29) is 5.75 Å². The summed E-state index contributed by atoms with van der Waals surface area (Å²) >= 11 is 4.59. The van der Waals surface area contributed by atoms with Gasteiger partial charge in [0.05, 0.1) is 5.75 Å². The average molecular weight is 344 g/mol. The second kappa shape index (κ2) is 5.92. The van der Waals surface area contributed by atoms with E-state index in [9.17, 15) is 4.79 Å². The minimum Gasteiger partial charge on any atom is -0.481 e. The molecule has 0 unspecified atom stereocenters. The zero-order chi connectivity index (χ0) is 14.0. The van der Waals surface area contributed by atoms with Crippen molar-refractivity contribution in [3.63, 3.8) is 0 Å². The van der Waals surface area contributed by atoms with Crippen LogP contribution in [0.1, 0.15) is 13.8 Å². The van der Waals surface area contributed by atoms with Gasteiger partial charge in [-0.3, -0.25) is 4.79 Å². The SMILES string of the molecule is CC(C)Cn1c(SCC(=O)O)nc2cc(Br)cnc21. The van der Waals surface area contributed by atoms with Crippen LogP contribution in [0.4, 0.5) is 0 Å². The molecule has 2 rings (SSSR count). The van der Waals surface area contributed by atoms with Crippen molar-refractivity contribution >= 4 is 44.8 Å². The van der Waals surface area contributed by atoms with Gasteiger partial charge in [-0.15, -0.1) is 0 Å². The van der Waals surface area contributed by atoms with Crippen molar-refractivity contribution < 1.29 is 9.90 Å². The number of aliphatic carboxylic acids is 1. The van der Waals surface area contributed by atoms with Crippen molar-refractivity contribution in [3.8, 4) is 0 Å². The zero-order valence-corrected chi connectivity index (χ0v) is 13.0. The normalized spacial score (nSPS) is 11.4. The Bertz CT molecular complexity index is 612. The summed E-state index contributed by atoms with van der Waals surface area (Å²) in [5.74, 6) is -0.405. The molecule has 1 N–H and O–H groups in total. The number of fused-ring (bicyclic) bond motifs is 1. The summed E-state index contributed by atoms with van der Waals surface area (Å²) in [7, 11) is 0. The van der Waals surface area contributed by atoms with Crippen LogP contribution in [0.3, 0.4) is 0 Å². The van der Waals surface area contributed by atoms with E-state index in [0.29, 0.717) is 11.1 Å². The lowest BCUT2D eigenvalue weighted by molar-refractivity contribution is -0.133. The molecule has 102 valence electrons. The highest BCUT2D eigenvalue weighted by atomic mass is 79.9.